The number of thiophene rings is 1. The van der Waals surface area contributed by atoms with Crippen LogP contribution in [0.2, 0.25) is 0 Å². The minimum atomic E-state index is -0.454. The van der Waals surface area contributed by atoms with Crippen LogP contribution in [0.5, 0.6) is 0 Å². The summed E-state index contributed by atoms with van der Waals surface area (Å²) >= 11 is 5.11. The first kappa shape index (κ1) is 16.9. The Morgan fingerprint density at radius 1 is 1.23 bits per heavy atom. The van der Waals surface area contributed by atoms with Crippen LogP contribution in [0, 0.1) is 11.6 Å². The summed E-state index contributed by atoms with van der Waals surface area (Å²) in [6.07, 6.45) is 0.866. The molecule has 0 unspecified atom stereocenters. The molecule has 0 fully saturated rings. The normalized spacial score (nSPS) is 11.5. The Morgan fingerprint density at radius 2 is 2.05 bits per heavy atom. The largest absolute Gasteiger partial charge is 0.356 e. The van der Waals surface area contributed by atoms with Crippen LogP contribution in [0.15, 0.2) is 39.1 Å². The highest BCUT2D eigenvalue weighted by Gasteiger charge is 2.05. The van der Waals surface area contributed by atoms with Crippen molar-refractivity contribution in [2.75, 3.05) is 13.6 Å². The molecule has 0 aliphatic rings. The lowest BCUT2D eigenvalue weighted by molar-refractivity contribution is 0.581. The third-order valence-electron chi connectivity index (χ3n) is 2.97. The van der Waals surface area contributed by atoms with Gasteiger partial charge in [-0.05, 0) is 52.7 Å². The number of hydrogen-bond acceptors (Lipinski definition) is 2. The first-order valence-corrected chi connectivity index (χ1v) is 8.32. The topological polar surface area (TPSA) is 36.4 Å². The first-order valence-electron chi connectivity index (χ1n) is 6.71. The van der Waals surface area contributed by atoms with Gasteiger partial charge in [-0.2, -0.15) is 0 Å². The fourth-order valence-corrected chi connectivity index (χ4v) is 3.35. The molecule has 2 aromatic rings. The van der Waals surface area contributed by atoms with E-state index in [0.717, 1.165) is 22.3 Å². The molecule has 1 aromatic carbocycles. The fraction of sp³-hybridized carbons (Fsp3) is 0.267. The molecule has 0 aliphatic carbocycles. The van der Waals surface area contributed by atoms with Gasteiger partial charge in [0, 0.05) is 30.6 Å². The van der Waals surface area contributed by atoms with Gasteiger partial charge in [0.15, 0.2) is 5.96 Å². The predicted octanol–water partition coefficient (Wildman–Crippen LogP) is 3.70. The molecule has 0 saturated heterocycles. The molecule has 0 radical (unpaired) electrons. The maximum Gasteiger partial charge on any atom is 0.191 e. The lowest BCUT2D eigenvalue weighted by Gasteiger charge is -2.12. The molecule has 0 bridgehead atoms. The zero-order valence-electron chi connectivity index (χ0n) is 12.0. The van der Waals surface area contributed by atoms with Crippen molar-refractivity contribution in [3.63, 3.8) is 0 Å². The van der Waals surface area contributed by atoms with E-state index in [-0.39, 0.29) is 12.1 Å². The lowest BCUT2D eigenvalue weighted by Crippen LogP contribution is -2.38. The van der Waals surface area contributed by atoms with E-state index < -0.39 is 11.6 Å². The van der Waals surface area contributed by atoms with Gasteiger partial charge in [-0.1, -0.05) is 0 Å². The molecule has 3 nitrogen and oxygen atoms in total. The highest BCUT2D eigenvalue weighted by Crippen LogP contribution is 2.22. The van der Waals surface area contributed by atoms with Crippen LogP contribution < -0.4 is 10.6 Å². The zero-order valence-corrected chi connectivity index (χ0v) is 14.4. The molecule has 0 aliphatic heterocycles. The molecule has 1 aromatic heterocycles. The molecule has 0 amide bonds. The van der Waals surface area contributed by atoms with Gasteiger partial charge >= 0.3 is 0 Å². The summed E-state index contributed by atoms with van der Waals surface area (Å²) < 4.78 is 27.7. The van der Waals surface area contributed by atoms with E-state index in [0.29, 0.717) is 12.5 Å². The van der Waals surface area contributed by atoms with Gasteiger partial charge in [-0.25, -0.2) is 8.78 Å². The average Bonchev–Trinajstić information content (AvgIpc) is 2.91. The number of halogens is 3. The standard InChI is InChI=1S/C15H16BrF2N3S/c1-19-15(20-7-6-12-3-5-14(16)22-12)21-9-10-8-11(17)2-4-13(10)18/h2-5,8H,6-7,9H2,1H3,(H2,19,20,21). The molecule has 0 atom stereocenters. The molecular weight excluding hydrogens is 372 g/mol. The van der Waals surface area contributed by atoms with Gasteiger partial charge in [0.05, 0.1) is 3.79 Å². The Hall–Kier alpha value is -1.47. The molecule has 22 heavy (non-hydrogen) atoms. The number of guanidine groups is 1. The summed E-state index contributed by atoms with van der Waals surface area (Å²) in [5.74, 6) is -0.337. The average molecular weight is 388 g/mol. The second-order valence-electron chi connectivity index (χ2n) is 4.54. The number of nitrogens with one attached hydrogen (secondary N) is 2. The highest BCUT2D eigenvalue weighted by atomic mass is 79.9. The highest BCUT2D eigenvalue weighted by molar-refractivity contribution is 9.11. The Bertz CT molecular complexity index is 658. The van der Waals surface area contributed by atoms with Crippen molar-refractivity contribution in [3.8, 4) is 0 Å². The summed E-state index contributed by atoms with van der Waals surface area (Å²) in [4.78, 5) is 5.32. The van der Waals surface area contributed by atoms with E-state index in [1.165, 1.54) is 10.9 Å². The van der Waals surface area contributed by atoms with E-state index >= 15 is 0 Å². The zero-order chi connectivity index (χ0) is 15.9. The number of benzene rings is 1. The van der Waals surface area contributed by atoms with E-state index in [2.05, 4.69) is 37.6 Å². The van der Waals surface area contributed by atoms with Gasteiger partial charge in [-0.3, -0.25) is 4.99 Å². The molecular formula is C15H16BrF2N3S. The molecule has 2 rings (SSSR count). The van der Waals surface area contributed by atoms with Gasteiger partial charge in [0.25, 0.3) is 0 Å². The third kappa shape index (κ3) is 5.06. The van der Waals surface area contributed by atoms with E-state index in [1.54, 1.807) is 18.4 Å². The molecule has 1 heterocycles. The summed E-state index contributed by atoms with van der Waals surface area (Å²) in [6, 6.07) is 7.48. The second-order valence-corrected chi connectivity index (χ2v) is 7.09. The van der Waals surface area contributed by atoms with Gasteiger partial charge in [-0.15, -0.1) is 11.3 Å². The summed E-state index contributed by atoms with van der Waals surface area (Å²) in [5, 5.41) is 6.12. The Kier molecular flexibility index (Phi) is 6.33. The van der Waals surface area contributed by atoms with Crippen LogP contribution in [0.4, 0.5) is 8.78 Å². The molecule has 0 saturated carbocycles. The van der Waals surface area contributed by atoms with Crippen molar-refractivity contribution in [3.05, 3.63) is 56.2 Å². The van der Waals surface area contributed by atoms with Crippen LogP contribution in [0.3, 0.4) is 0 Å². The Labute approximate surface area is 140 Å². The van der Waals surface area contributed by atoms with E-state index in [4.69, 9.17) is 0 Å². The first-order chi connectivity index (χ1) is 10.6. The van der Waals surface area contributed by atoms with E-state index in [1.807, 2.05) is 6.07 Å². The Morgan fingerprint density at radius 3 is 2.73 bits per heavy atom. The van der Waals surface area contributed by atoms with Gasteiger partial charge in [0.2, 0.25) is 0 Å². The van der Waals surface area contributed by atoms with Crippen molar-refractivity contribution in [2.45, 2.75) is 13.0 Å². The molecule has 0 spiro atoms. The van der Waals surface area contributed by atoms with Crippen molar-refractivity contribution >= 4 is 33.2 Å². The molecule has 2 N–H and O–H groups in total. The van der Waals surface area contributed by atoms with Crippen LogP contribution in [-0.4, -0.2) is 19.6 Å². The number of aliphatic imine (C=N–C) groups is 1. The van der Waals surface area contributed by atoms with Gasteiger partial charge < -0.3 is 10.6 Å². The SMILES string of the molecule is CN=C(NCCc1ccc(Br)s1)NCc1cc(F)ccc1F. The minimum Gasteiger partial charge on any atom is -0.356 e. The predicted molar refractivity (Wildman–Crippen MR) is 90.3 cm³/mol. The van der Waals surface area contributed by atoms with Crippen LogP contribution >= 0.6 is 27.3 Å². The number of rotatable bonds is 5. The second kappa shape index (κ2) is 8.24. The maximum absolute atomic E-state index is 13.5. The monoisotopic (exact) mass is 387 g/mol. The molecule has 7 heteroatoms. The van der Waals surface area contributed by atoms with Crippen molar-refractivity contribution < 1.29 is 8.78 Å². The third-order valence-corrected chi connectivity index (χ3v) is 4.65. The number of nitrogens with zero attached hydrogens (tertiary/aromatic N) is 1. The smallest absolute Gasteiger partial charge is 0.191 e. The van der Waals surface area contributed by atoms with Crippen molar-refractivity contribution in [1.82, 2.24) is 10.6 Å². The van der Waals surface area contributed by atoms with E-state index in [9.17, 15) is 8.78 Å². The fourth-order valence-electron chi connectivity index (χ4n) is 1.87. The summed E-state index contributed by atoms with van der Waals surface area (Å²) in [6.45, 7) is 0.881. The summed E-state index contributed by atoms with van der Waals surface area (Å²) in [7, 11) is 1.64. The van der Waals surface area contributed by atoms with Gasteiger partial charge in [0.1, 0.15) is 11.6 Å². The summed E-state index contributed by atoms with van der Waals surface area (Å²) in [5.41, 5.74) is 0.269. The van der Waals surface area contributed by atoms with Crippen LogP contribution in [0.1, 0.15) is 10.4 Å². The minimum absolute atomic E-state index is 0.174. The quantitative estimate of drug-likeness (QED) is 0.606. The van der Waals surface area contributed by atoms with Crippen molar-refractivity contribution in [2.24, 2.45) is 4.99 Å². The lowest BCUT2D eigenvalue weighted by atomic mass is 10.2. The van der Waals surface area contributed by atoms with Crippen LogP contribution in [-0.2, 0) is 13.0 Å². The Balaban J connectivity index is 1.81. The molecule has 118 valence electrons. The maximum atomic E-state index is 13.5. The number of hydrogen-bond donors (Lipinski definition) is 2. The van der Waals surface area contributed by atoms with Crippen LogP contribution in [0.25, 0.3) is 0 Å². The van der Waals surface area contributed by atoms with Crippen molar-refractivity contribution in [1.29, 1.82) is 0 Å².